The average Bonchev–Trinajstić information content (AvgIpc) is 2.39. The molecule has 0 radical (unpaired) electrons. The van der Waals surface area contributed by atoms with Crippen LogP contribution in [0.3, 0.4) is 0 Å². The lowest BCUT2D eigenvalue weighted by Crippen LogP contribution is -2.03. The summed E-state index contributed by atoms with van der Waals surface area (Å²) < 4.78 is 1.98. The van der Waals surface area contributed by atoms with Crippen molar-refractivity contribution in [1.82, 2.24) is 4.57 Å². The molecule has 0 saturated heterocycles. The molecule has 0 aliphatic heterocycles. The highest BCUT2D eigenvalue weighted by molar-refractivity contribution is 6.36. The number of nitrogens with zero attached hydrogens (tertiary/aromatic N) is 1. The molecule has 1 aromatic carbocycles. The molecule has 0 saturated carbocycles. The molecule has 14 heavy (non-hydrogen) atoms. The highest BCUT2D eigenvalue weighted by atomic mass is 35.5. The second-order valence-electron chi connectivity index (χ2n) is 3.30. The van der Waals surface area contributed by atoms with Crippen LogP contribution >= 0.6 is 11.6 Å². The van der Waals surface area contributed by atoms with Gasteiger partial charge in [-0.05, 0) is 18.2 Å². The molecule has 0 fully saturated rings. The zero-order chi connectivity index (χ0) is 10.3. The molecular formula is C10H12ClN3. The van der Waals surface area contributed by atoms with Crippen LogP contribution in [0.2, 0.25) is 5.02 Å². The number of rotatable bonds is 1. The van der Waals surface area contributed by atoms with E-state index in [-0.39, 0.29) is 0 Å². The first-order chi connectivity index (χ1) is 6.65. The van der Waals surface area contributed by atoms with Gasteiger partial charge in [0.1, 0.15) is 0 Å². The third-order valence-corrected chi connectivity index (χ3v) is 2.89. The van der Waals surface area contributed by atoms with Crippen LogP contribution in [0.4, 0.5) is 5.69 Å². The van der Waals surface area contributed by atoms with Gasteiger partial charge in [0.05, 0.1) is 16.2 Å². The van der Waals surface area contributed by atoms with Crippen LogP contribution in [0.5, 0.6) is 0 Å². The molecule has 0 spiro atoms. The van der Waals surface area contributed by atoms with E-state index in [9.17, 15) is 0 Å². The van der Waals surface area contributed by atoms with Gasteiger partial charge in [0.15, 0.2) is 0 Å². The van der Waals surface area contributed by atoms with Gasteiger partial charge in [0.2, 0.25) is 0 Å². The molecule has 0 aliphatic rings. The van der Waals surface area contributed by atoms with Gasteiger partial charge in [-0.3, -0.25) is 0 Å². The number of hydrogen-bond acceptors (Lipinski definition) is 2. The zero-order valence-electron chi connectivity index (χ0n) is 7.92. The predicted molar refractivity (Wildman–Crippen MR) is 60.2 cm³/mol. The number of aromatic nitrogens is 1. The smallest absolute Gasteiger partial charge is 0.0707 e. The van der Waals surface area contributed by atoms with Gasteiger partial charge in [0, 0.05) is 24.7 Å². The summed E-state index contributed by atoms with van der Waals surface area (Å²) in [5, 5.41) is 1.73. The Morgan fingerprint density at radius 3 is 2.79 bits per heavy atom. The summed E-state index contributed by atoms with van der Waals surface area (Å²) in [5.41, 5.74) is 14.0. The Hall–Kier alpha value is -1.19. The highest BCUT2D eigenvalue weighted by Gasteiger charge is 2.11. The average molecular weight is 210 g/mol. The Labute approximate surface area is 87.2 Å². The number of anilines is 1. The lowest BCUT2D eigenvalue weighted by molar-refractivity contribution is 0.850. The van der Waals surface area contributed by atoms with Crippen molar-refractivity contribution in [2.24, 2.45) is 12.8 Å². The van der Waals surface area contributed by atoms with Crippen molar-refractivity contribution in [3.63, 3.8) is 0 Å². The lowest BCUT2D eigenvalue weighted by atomic mass is 10.2. The highest BCUT2D eigenvalue weighted by Crippen LogP contribution is 2.30. The number of fused-ring (bicyclic) bond motifs is 1. The van der Waals surface area contributed by atoms with E-state index in [1.54, 1.807) is 0 Å². The van der Waals surface area contributed by atoms with Crippen LogP contribution in [0, 0.1) is 0 Å². The van der Waals surface area contributed by atoms with Crippen LogP contribution in [-0.2, 0) is 13.6 Å². The van der Waals surface area contributed by atoms with Gasteiger partial charge in [0.25, 0.3) is 0 Å². The summed E-state index contributed by atoms with van der Waals surface area (Å²) in [6, 6.07) is 5.67. The number of aryl methyl sites for hydroxylation is 1. The molecule has 2 aromatic rings. The lowest BCUT2D eigenvalue weighted by Gasteiger charge is -2.00. The van der Waals surface area contributed by atoms with Crippen LogP contribution in [0.15, 0.2) is 18.2 Å². The minimum absolute atomic E-state index is 0.434. The van der Waals surface area contributed by atoms with Crippen LogP contribution in [0.1, 0.15) is 5.69 Å². The van der Waals surface area contributed by atoms with Crippen molar-refractivity contribution in [1.29, 1.82) is 0 Å². The van der Waals surface area contributed by atoms with Gasteiger partial charge >= 0.3 is 0 Å². The summed E-state index contributed by atoms with van der Waals surface area (Å²) in [6.07, 6.45) is 0. The molecule has 0 amide bonds. The molecule has 3 nitrogen and oxygen atoms in total. The summed E-state index contributed by atoms with van der Waals surface area (Å²) in [6.45, 7) is 0.434. The number of benzene rings is 1. The summed E-state index contributed by atoms with van der Waals surface area (Å²) in [5.74, 6) is 0. The Balaban J connectivity index is 2.87. The van der Waals surface area contributed by atoms with Crippen LogP contribution < -0.4 is 11.5 Å². The van der Waals surface area contributed by atoms with Gasteiger partial charge in [-0.15, -0.1) is 0 Å². The molecule has 1 aromatic heterocycles. The maximum Gasteiger partial charge on any atom is 0.0707 e. The number of nitrogens with two attached hydrogens (primary N) is 2. The van der Waals surface area contributed by atoms with Crippen molar-refractivity contribution < 1.29 is 0 Å². The largest absolute Gasteiger partial charge is 0.399 e. The minimum Gasteiger partial charge on any atom is -0.399 e. The second-order valence-corrected chi connectivity index (χ2v) is 3.68. The molecular weight excluding hydrogens is 198 g/mol. The third kappa shape index (κ3) is 1.17. The minimum atomic E-state index is 0.434. The first-order valence-corrected chi connectivity index (χ1v) is 4.75. The molecule has 1 heterocycles. The standard InChI is InChI=1S/C10H12ClN3/c1-14-8-4-6(13)2-3-7(8)10(11)9(14)5-12/h2-4H,5,12-13H2,1H3. The molecule has 4 heteroatoms. The van der Waals surface area contributed by atoms with Crippen LogP contribution in [0.25, 0.3) is 10.9 Å². The molecule has 0 unspecified atom stereocenters. The third-order valence-electron chi connectivity index (χ3n) is 2.47. The first-order valence-electron chi connectivity index (χ1n) is 4.37. The van der Waals surface area contributed by atoms with Crippen molar-refractivity contribution in [3.05, 3.63) is 28.9 Å². The number of halogens is 1. The Kier molecular flexibility index (Phi) is 2.13. The van der Waals surface area contributed by atoms with E-state index >= 15 is 0 Å². The molecule has 0 atom stereocenters. The fourth-order valence-electron chi connectivity index (χ4n) is 1.69. The molecule has 4 N–H and O–H groups in total. The van der Waals surface area contributed by atoms with Gasteiger partial charge in [-0.1, -0.05) is 11.6 Å². The second kappa shape index (κ2) is 3.19. The molecule has 2 rings (SSSR count). The molecule has 0 aliphatic carbocycles. The van der Waals surface area contributed by atoms with E-state index in [2.05, 4.69) is 0 Å². The Bertz CT molecular complexity index is 488. The van der Waals surface area contributed by atoms with Gasteiger partial charge in [-0.25, -0.2) is 0 Å². The van der Waals surface area contributed by atoms with E-state index in [0.29, 0.717) is 6.54 Å². The van der Waals surface area contributed by atoms with Crippen molar-refractivity contribution >= 4 is 28.2 Å². The Morgan fingerprint density at radius 2 is 2.14 bits per heavy atom. The van der Waals surface area contributed by atoms with Crippen molar-refractivity contribution in [3.8, 4) is 0 Å². The normalized spacial score (nSPS) is 11.1. The topological polar surface area (TPSA) is 57.0 Å². The van der Waals surface area contributed by atoms with E-state index in [4.69, 9.17) is 23.1 Å². The zero-order valence-corrected chi connectivity index (χ0v) is 8.67. The molecule has 0 bridgehead atoms. The van der Waals surface area contributed by atoms with Crippen molar-refractivity contribution in [2.45, 2.75) is 6.54 Å². The number of hydrogen-bond donors (Lipinski definition) is 2. The maximum absolute atomic E-state index is 6.17. The SMILES string of the molecule is Cn1c(CN)c(Cl)c2ccc(N)cc21. The summed E-state index contributed by atoms with van der Waals surface area (Å²) >= 11 is 6.17. The fourth-order valence-corrected chi connectivity index (χ4v) is 2.05. The van der Waals surface area contributed by atoms with E-state index in [1.807, 2.05) is 29.8 Å². The predicted octanol–water partition coefficient (Wildman–Crippen LogP) is 1.87. The maximum atomic E-state index is 6.17. The van der Waals surface area contributed by atoms with E-state index < -0.39 is 0 Å². The number of nitrogen functional groups attached to an aromatic ring is 1. The Morgan fingerprint density at radius 1 is 1.43 bits per heavy atom. The quantitative estimate of drug-likeness (QED) is 0.705. The summed E-state index contributed by atoms with van der Waals surface area (Å²) in [7, 11) is 1.94. The van der Waals surface area contributed by atoms with Crippen LogP contribution in [-0.4, -0.2) is 4.57 Å². The fraction of sp³-hybridized carbons (Fsp3) is 0.200. The first kappa shape index (κ1) is 9.37. The van der Waals surface area contributed by atoms with Crippen molar-refractivity contribution in [2.75, 3.05) is 5.73 Å². The van der Waals surface area contributed by atoms with E-state index in [0.717, 1.165) is 27.3 Å². The summed E-state index contributed by atoms with van der Waals surface area (Å²) in [4.78, 5) is 0. The monoisotopic (exact) mass is 209 g/mol. The van der Waals surface area contributed by atoms with E-state index in [1.165, 1.54) is 0 Å². The van der Waals surface area contributed by atoms with Gasteiger partial charge in [-0.2, -0.15) is 0 Å². The molecule has 74 valence electrons. The van der Waals surface area contributed by atoms with Gasteiger partial charge < -0.3 is 16.0 Å².